The second-order valence-electron chi connectivity index (χ2n) is 6.33. The van der Waals surface area contributed by atoms with Crippen LogP contribution in [0.3, 0.4) is 0 Å². The molecule has 0 amide bonds. The molecule has 0 aromatic rings. The Bertz CT molecular complexity index is 597. The lowest BCUT2D eigenvalue weighted by Gasteiger charge is -2.42. The van der Waals surface area contributed by atoms with Crippen LogP contribution < -0.4 is 0 Å². The average Bonchev–Trinajstić information content (AvgIpc) is 2.50. The summed E-state index contributed by atoms with van der Waals surface area (Å²) in [4.78, 5) is 0. The monoisotopic (exact) mass is 489 g/mol. The molecule has 0 rings (SSSR count). The van der Waals surface area contributed by atoms with E-state index in [9.17, 15) is 74.6 Å². The van der Waals surface area contributed by atoms with Crippen LogP contribution in [0.1, 0.15) is 20.3 Å². The van der Waals surface area contributed by atoms with Crippen LogP contribution in [0.4, 0.5) is 74.6 Å². The maximum absolute atomic E-state index is 13.4. The van der Waals surface area contributed by atoms with Gasteiger partial charge in [0.25, 0.3) is 0 Å². The number of hydrogen-bond donors (Lipinski definition) is 0. The highest BCUT2D eigenvalue weighted by molar-refractivity contribution is 5.15. The predicted molar refractivity (Wildman–Crippen MR) is 64.4 cm³/mol. The minimum Gasteiger partial charge on any atom is -0.200 e. The molecule has 0 N–H and O–H groups in total. The van der Waals surface area contributed by atoms with Gasteiger partial charge in [-0.15, -0.1) is 0 Å². The molecule has 0 aromatic carbocycles. The van der Waals surface area contributed by atoms with E-state index in [0.29, 0.717) is 0 Å². The Morgan fingerprint density at radius 2 is 0.733 bits per heavy atom. The lowest BCUT2D eigenvalue weighted by Crippen LogP contribution is -2.74. The number of rotatable bonds is 9. The first-order valence-electron chi connectivity index (χ1n) is 7.21. The first-order chi connectivity index (χ1) is 12.7. The topological polar surface area (TPSA) is 0 Å². The van der Waals surface area contributed by atoms with Crippen LogP contribution in [0, 0.1) is 12.3 Å². The normalized spacial score (nSPS) is 16.4. The van der Waals surface area contributed by atoms with E-state index in [0.717, 1.165) is 13.8 Å². The molecule has 0 aliphatic carbocycles. The van der Waals surface area contributed by atoms with E-state index in [-0.39, 0.29) is 6.42 Å². The smallest absolute Gasteiger partial charge is 0.200 e. The molecule has 30 heavy (non-hydrogen) atoms. The number of hydrogen-bond acceptors (Lipinski definition) is 0. The third-order valence-corrected chi connectivity index (χ3v) is 3.63. The van der Waals surface area contributed by atoms with Gasteiger partial charge in [0, 0.05) is 6.42 Å². The van der Waals surface area contributed by atoms with Gasteiger partial charge in [-0.05, 0) is 12.3 Å². The van der Waals surface area contributed by atoms with Crippen molar-refractivity contribution in [2.24, 2.45) is 5.92 Å². The van der Waals surface area contributed by atoms with E-state index in [1.807, 2.05) is 0 Å². The van der Waals surface area contributed by atoms with Gasteiger partial charge in [-0.3, -0.25) is 0 Å². The second-order valence-corrected chi connectivity index (χ2v) is 6.33. The molecule has 181 valence electrons. The van der Waals surface area contributed by atoms with Crippen molar-refractivity contribution in [2.75, 3.05) is 0 Å². The molecule has 0 nitrogen and oxygen atoms in total. The van der Waals surface area contributed by atoms with Crippen LogP contribution in [0.25, 0.3) is 0 Å². The van der Waals surface area contributed by atoms with Crippen LogP contribution in [0.2, 0.25) is 0 Å². The highest BCUT2D eigenvalue weighted by atomic mass is 19.4. The van der Waals surface area contributed by atoms with E-state index in [4.69, 9.17) is 0 Å². The Kier molecular flexibility index (Phi) is 7.15. The highest BCUT2D eigenvalue weighted by Crippen LogP contribution is 2.64. The van der Waals surface area contributed by atoms with Crippen LogP contribution in [-0.2, 0) is 0 Å². The molecule has 0 unspecified atom stereocenters. The Balaban J connectivity index is 6.55. The quantitative estimate of drug-likeness (QED) is 0.300. The van der Waals surface area contributed by atoms with Crippen LogP contribution in [-0.4, -0.2) is 47.6 Å². The van der Waals surface area contributed by atoms with Crippen molar-refractivity contribution in [3.05, 3.63) is 6.42 Å². The van der Waals surface area contributed by atoms with Crippen LogP contribution in [0.5, 0.6) is 0 Å². The Morgan fingerprint density at radius 1 is 0.467 bits per heavy atom. The zero-order chi connectivity index (χ0) is 25.0. The van der Waals surface area contributed by atoms with Gasteiger partial charge in [-0.25, -0.2) is 0 Å². The summed E-state index contributed by atoms with van der Waals surface area (Å²) in [7, 11) is 0. The van der Waals surface area contributed by atoms with Crippen molar-refractivity contribution in [3.63, 3.8) is 0 Å². The lowest BCUT2D eigenvalue weighted by molar-refractivity contribution is -0.461. The summed E-state index contributed by atoms with van der Waals surface area (Å²) < 4.78 is 220. The van der Waals surface area contributed by atoms with Gasteiger partial charge in [0.1, 0.15) is 0 Å². The van der Waals surface area contributed by atoms with Gasteiger partial charge in [-0.1, -0.05) is 13.8 Å². The van der Waals surface area contributed by atoms with Crippen molar-refractivity contribution in [2.45, 2.75) is 67.9 Å². The zero-order valence-electron chi connectivity index (χ0n) is 14.3. The predicted octanol–water partition coefficient (Wildman–Crippen LogP) is 7.25. The molecule has 0 aromatic heterocycles. The largest absolute Gasteiger partial charge is 0.460 e. The van der Waals surface area contributed by atoms with E-state index >= 15 is 0 Å². The molecular formula is C13H10F17. The highest BCUT2D eigenvalue weighted by Gasteiger charge is 2.95. The molecule has 0 atom stereocenters. The Labute approximate surface area is 156 Å². The summed E-state index contributed by atoms with van der Waals surface area (Å²) in [5, 5.41) is 0. The fraction of sp³-hybridized carbons (Fsp3) is 0.923. The SMILES string of the molecule is CC(C)[CH]CC(F)(F)C(F)(F)C(F)(F)C(F)(F)C(F)(F)C(F)(F)C(F)(F)C(F)(F)F. The van der Waals surface area contributed by atoms with Crippen molar-refractivity contribution >= 4 is 0 Å². The first kappa shape index (κ1) is 28.8. The van der Waals surface area contributed by atoms with Crippen molar-refractivity contribution in [1.29, 1.82) is 0 Å². The van der Waals surface area contributed by atoms with Crippen LogP contribution >= 0.6 is 0 Å². The fourth-order valence-electron chi connectivity index (χ4n) is 1.71. The minimum atomic E-state index is -8.58. The molecule has 0 aliphatic heterocycles. The van der Waals surface area contributed by atoms with E-state index < -0.39 is 60.0 Å². The first-order valence-corrected chi connectivity index (χ1v) is 7.21. The van der Waals surface area contributed by atoms with E-state index in [1.165, 1.54) is 0 Å². The summed E-state index contributed by atoms with van der Waals surface area (Å²) >= 11 is 0. The summed E-state index contributed by atoms with van der Waals surface area (Å²) in [6, 6.07) is 0. The van der Waals surface area contributed by atoms with E-state index in [2.05, 4.69) is 0 Å². The van der Waals surface area contributed by atoms with E-state index in [1.54, 1.807) is 0 Å². The minimum absolute atomic E-state index is 0.104. The van der Waals surface area contributed by atoms with Gasteiger partial charge < -0.3 is 0 Å². The maximum Gasteiger partial charge on any atom is 0.460 e. The third kappa shape index (κ3) is 3.88. The van der Waals surface area contributed by atoms with Crippen molar-refractivity contribution in [3.8, 4) is 0 Å². The fourth-order valence-corrected chi connectivity index (χ4v) is 1.71. The molecule has 0 heterocycles. The maximum atomic E-state index is 13.4. The molecule has 0 aliphatic rings. The van der Waals surface area contributed by atoms with Gasteiger partial charge in [-0.2, -0.15) is 74.6 Å². The zero-order valence-corrected chi connectivity index (χ0v) is 14.3. The Hall–Kier alpha value is -1.19. The molecule has 0 spiro atoms. The summed E-state index contributed by atoms with van der Waals surface area (Å²) in [6.45, 7) is 1.96. The van der Waals surface area contributed by atoms with Gasteiger partial charge in [0.05, 0.1) is 0 Å². The molecular weight excluding hydrogens is 479 g/mol. The van der Waals surface area contributed by atoms with Gasteiger partial charge in [0.2, 0.25) is 0 Å². The summed E-state index contributed by atoms with van der Waals surface area (Å²) in [5.74, 6) is -56.9. The number of alkyl halides is 17. The van der Waals surface area contributed by atoms with Crippen LogP contribution in [0.15, 0.2) is 0 Å². The molecule has 17 heteroatoms. The summed E-state index contributed by atoms with van der Waals surface area (Å²) in [6.07, 6.45) is -10.1. The molecule has 0 fully saturated rings. The second kappa shape index (κ2) is 7.45. The lowest BCUT2D eigenvalue weighted by atomic mass is 9.87. The Morgan fingerprint density at radius 3 is 1.00 bits per heavy atom. The average molecular weight is 489 g/mol. The standard InChI is InChI=1S/C13H10F17/c1-5(2)3-4-6(14,15)7(16,17)8(18,19)9(20,21)10(22,23)11(24,25)12(26,27)13(28,29)30/h3,5H,4H2,1-2H3. The summed E-state index contributed by atoms with van der Waals surface area (Å²) in [5.41, 5.74) is 0. The van der Waals surface area contributed by atoms with Gasteiger partial charge >= 0.3 is 47.6 Å². The number of halogens is 17. The van der Waals surface area contributed by atoms with Crippen molar-refractivity contribution in [1.82, 2.24) is 0 Å². The van der Waals surface area contributed by atoms with Crippen molar-refractivity contribution < 1.29 is 74.6 Å². The van der Waals surface area contributed by atoms with Gasteiger partial charge in [0.15, 0.2) is 0 Å². The third-order valence-electron chi connectivity index (χ3n) is 3.63. The molecule has 0 saturated heterocycles. The molecule has 0 saturated carbocycles. The molecule has 0 bridgehead atoms. The molecule has 1 radical (unpaired) electrons.